The Kier molecular flexibility index (Phi) is 22.2. The summed E-state index contributed by atoms with van der Waals surface area (Å²) in [6, 6.07) is 11.2. The molecule has 2 aromatic rings. The molecule has 3 N–H and O–H groups in total. The molecule has 4 aliphatic rings. The van der Waals surface area contributed by atoms with E-state index in [1.165, 1.54) is 5.56 Å². The average Bonchev–Trinajstić information content (AvgIpc) is 3.89. The maximum absolute atomic E-state index is 12.4. The van der Waals surface area contributed by atoms with Crippen LogP contribution in [0.15, 0.2) is 36.4 Å². The highest BCUT2D eigenvalue weighted by Gasteiger charge is 2.31. The van der Waals surface area contributed by atoms with Crippen molar-refractivity contribution < 1.29 is 42.9 Å². The number of nitrogens with one attached hydrogen (secondary N) is 3. The minimum atomic E-state index is -0.518. The number of aldehydes is 1. The van der Waals surface area contributed by atoms with E-state index in [9.17, 15) is 24.0 Å². The first kappa shape index (κ1) is 59.6. The second-order valence-electron chi connectivity index (χ2n) is 21.7. The van der Waals surface area contributed by atoms with Crippen LogP contribution in [0.3, 0.4) is 0 Å². The van der Waals surface area contributed by atoms with Gasteiger partial charge in [-0.2, -0.15) is 0 Å². The first-order chi connectivity index (χ1) is 32.1. The predicted molar refractivity (Wildman–Crippen MR) is 279 cm³/mol. The zero-order valence-electron chi connectivity index (χ0n) is 43.0. The third-order valence-electron chi connectivity index (χ3n) is 10.9. The second-order valence-corrected chi connectivity index (χ2v) is 22.6. The van der Waals surface area contributed by atoms with E-state index in [4.69, 9.17) is 42.1 Å². The molecule has 0 radical (unpaired) electrons. The molecule has 4 saturated heterocycles. The van der Waals surface area contributed by atoms with Crippen LogP contribution in [0.2, 0.25) is 10.0 Å². The maximum atomic E-state index is 12.4. The van der Waals surface area contributed by atoms with E-state index in [2.05, 4.69) is 36.7 Å². The molecule has 394 valence electrons. The van der Waals surface area contributed by atoms with E-state index < -0.39 is 22.9 Å². The summed E-state index contributed by atoms with van der Waals surface area (Å²) in [4.78, 5) is 69.2. The van der Waals surface area contributed by atoms with Crippen LogP contribution in [0.1, 0.15) is 119 Å². The molecule has 4 amide bonds. The summed E-state index contributed by atoms with van der Waals surface area (Å²) in [7, 11) is 0. The van der Waals surface area contributed by atoms with E-state index in [1.54, 1.807) is 28.0 Å². The van der Waals surface area contributed by atoms with Crippen LogP contribution >= 0.6 is 23.2 Å². The van der Waals surface area contributed by atoms with Crippen LogP contribution in [0.5, 0.6) is 0 Å². The lowest BCUT2D eigenvalue weighted by atomic mass is 10.1. The Balaban J connectivity index is 0.000000307. The molecule has 4 fully saturated rings. The molecule has 0 bridgehead atoms. The van der Waals surface area contributed by atoms with Crippen molar-refractivity contribution in [2.24, 2.45) is 0 Å². The van der Waals surface area contributed by atoms with Crippen molar-refractivity contribution in [3.8, 4) is 0 Å². The average molecular weight is 1020 g/mol. The Bertz CT molecular complexity index is 2040. The van der Waals surface area contributed by atoms with Crippen molar-refractivity contribution in [2.45, 2.75) is 144 Å². The van der Waals surface area contributed by atoms with E-state index in [-0.39, 0.29) is 43.4 Å². The number of anilines is 2. The van der Waals surface area contributed by atoms with Gasteiger partial charge in [-0.1, -0.05) is 36.7 Å². The molecule has 19 heteroatoms. The van der Waals surface area contributed by atoms with Gasteiger partial charge in [0.25, 0.3) is 0 Å². The topological polar surface area (TPSA) is 175 Å². The Labute approximate surface area is 427 Å². The molecule has 70 heavy (non-hydrogen) atoms. The lowest BCUT2D eigenvalue weighted by molar-refractivity contribution is 0.0137. The molecule has 17 nitrogen and oxygen atoms in total. The SMILES string of the molecule is C.CC(C)(C)OC(=O)N1CCNCC1.CC(C)(C)OC(=O)N[C@@H]1CCN(c2cc(Cl)ccc2C=O)C1.CC(C)(C)OC(=O)N[C@@H]1CCN(c2cc(Cl)ccc2CN2CCN(C(=O)OC(C)(C)C)CC2)C1. The van der Waals surface area contributed by atoms with Gasteiger partial charge >= 0.3 is 24.4 Å². The quantitative estimate of drug-likeness (QED) is 0.177. The van der Waals surface area contributed by atoms with Crippen molar-refractivity contribution in [1.29, 1.82) is 0 Å². The molecule has 0 spiro atoms. The van der Waals surface area contributed by atoms with Gasteiger partial charge in [0, 0.05) is 112 Å². The summed E-state index contributed by atoms with van der Waals surface area (Å²) in [5.74, 6) is 0. The highest BCUT2D eigenvalue weighted by atomic mass is 35.5. The number of carbonyl (C=O) groups is 5. The van der Waals surface area contributed by atoms with Gasteiger partial charge in [-0.15, -0.1) is 0 Å². The largest absolute Gasteiger partial charge is 0.444 e. The van der Waals surface area contributed by atoms with Crippen molar-refractivity contribution in [1.82, 2.24) is 30.7 Å². The number of halogens is 2. The van der Waals surface area contributed by atoms with Gasteiger partial charge in [0.1, 0.15) is 22.4 Å². The summed E-state index contributed by atoms with van der Waals surface area (Å²) in [6.07, 6.45) is 1.22. The number of hydrogen-bond acceptors (Lipinski definition) is 13. The lowest BCUT2D eigenvalue weighted by Gasteiger charge is -2.36. The predicted octanol–water partition coefficient (Wildman–Crippen LogP) is 9.21. The monoisotopic (exact) mass is 1020 g/mol. The third-order valence-corrected chi connectivity index (χ3v) is 11.3. The zero-order chi connectivity index (χ0) is 51.3. The van der Waals surface area contributed by atoms with E-state index >= 15 is 0 Å². The highest BCUT2D eigenvalue weighted by molar-refractivity contribution is 6.31. The normalized spacial score (nSPS) is 18.8. The van der Waals surface area contributed by atoms with Crippen LogP contribution in [0, 0.1) is 0 Å². The van der Waals surface area contributed by atoms with Crippen LogP contribution in [0.4, 0.5) is 30.6 Å². The minimum absolute atomic E-state index is 0. The molecule has 0 saturated carbocycles. The number of benzene rings is 2. The number of hydrogen-bond donors (Lipinski definition) is 3. The number of piperazine rings is 2. The number of alkyl carbamates (subject to hydrolysis) is 2. The fourth-order valence-corrected chi connectivity index (χ4v) is 8.16. The van der Waals surface area contributed by atoms with Crippen LogP contribution in [0.25, 0.3) is 0 Å². The third kappa shape index (κ3) is 21.3. The van der Waals surface area contributed by atoms with Crippen molar-refractivity contribution in [2.75, 3.05) is 88.3 Å². The maximum Gasteiger partial charge on any atom is 0.410 e. The molecular formula is C51H82Cl2N8O9. The van der Waals surface area contributed by atoms with Gasteiger partial charge in [0.2, 0.25) is 0 Å². The molecule has 2 aromatic carbocycles. The molecule has 0 unspecified atom stereocenters. The molecule has 4 heterocycles. The van der Waals surface area contributed by atoms with Crippen LogP contribution in [-0.4, -0.2) is 158 Å². The number of rotatable bonds is 7. The number of ether oxygens (including phenoxy) is 4. The Morgan fingerprint density at radius 3 is 1.46 bits per heavy atom. The molecule has 2 atom stereocenters. The Morgan fingerprint density at radius 1 is 0.600 bits per heavy atom. The highest BCUT2D eigenvalue weighted by Crippen LogP contribution is 2.30. The van der Waals surface area contributed by atoms with Gasteiger partial charge in [0.05, 0.1) is 12.1 Å². The van der Waals surface area contributed by atoms with Crippen molar-refractivity contribution in [3.05, 3.63) is 57.6 Å². The molecule has 0 aliphatic carbocycles. The first-order valence-corrected chi connectivity index (χ1v) is 24.7. The van der Waals surface area contributed by atoms with Gasteiger partial charge in [-0.25, -0.2) is 19.2 Å². The van der Waals surface area contributed by atoms with Gasteiger partial charge in [-0.3, -0.25) is 9.69 Å². The summed E-state index contributed by atoms with van der Waals surface area (Å²) in [6.45, 7) is 32.1. The number of carbonyl (C=O) groups excluding carboxylic acids is 5. The number of amides is 4. The van der Waals surface area contributed by atoms with E-state index in [0.717, 1.165) is 89.4 Å². The van der Waals surface area contributed by atoms with Gasteiger partial charge in [-0.05, 0) is 132 Å². The minimum Gasteiger partial charge on any atom is -0.444 e. The fourth-order valence-electron chi connectivity index (χ4n) is 7.83. The molecular weight excluding hydrogens is 940 g/mol. The molecule has 4 aliphatic heterocycles. The summed E-state index contributed by atoms with van der Waals surface area (Å²) in [5, 5.41) is 10.3. The summed E-state index contributed by atoms with van der Waals surface area (Å²) in [5.41, 5.74) is 1.78. The Hall–Kier alpha value is -4.71. The van der Waals surface area contributed by atoms with E-state index in [0.29, 0.717) is 41.8 Å². The van der Waals surface area contributed by atoms with Crippen LogP contribution in [-0.2, 0) is 25.5 Å². The summed E-state index contributed by atoms with van der Waals surface area (Å²) >= 11 is 12.4. The second kappa shape index (κ2) is 26.1. The van der Waals surface area contributed by atoms with Crippen molar-refractivity contribution >= 4 is 65.2 Å². The standard InChI is InChI=1S/C25H39ClN4O4.C16H21ClN2O3.C9H18N2O2.CH4/c1-24(2,3)33-22(31)27-20-9-10-30(17-20)21-15-19(26)8-7-18(21)16-28-11-13-29(14-12-28)23(32)34-25(4,5)6;1-16(2,3)22-15(21)18-13-6-7-19(9-13)14-8-12(17)5-4-11(14)10-20;1-9(2,3)13-8(12)11-6-4-10-5-7-11;/h7-8,15,20H,9-14,16-17H2,1-6H3,(H,27,31);4-5,8,10,13H,6-7,9H2,1-3H3,(H,18,21);10H,4-7H2,1-3H3;1H4/t20-;13-;;/m11../s1. The summed E-state index contributed by atoms with van der Waals surface area (Å²) < 4.78 is 21.4. The first-order valence-electron chi connectivity index (χ1n) is 24.0. The van der Waals surface area contributed by atoms with Gasteiger partial charge < -0.3 is 54.5 Å². The van der Waals surface area contributed by atoms with E-state index in [1.807, 2.05) is 95.2 Å². The smallest absolute Gasteiger partial charge is 0.410 e. The lowest BCUT2D eigenvalue weighted by Crippen LogP contribution is -2.49. The molecule has 0 aromatic heterocycles. The van der Waals surface area contributed by atoms with Crippen LogP contribution < -0.4 is 25.8 Å². The molecule has 6 rings (SSSR count). The Morgan fingerprint density at radius 2 is 1.01 bits per heavy atom. The van der Waals surface area contributed by atoms with Crippen molar-refractivity contribution in [3.63, 3.8) is 0 Å². The zero-order valence-corrected chi connectivity index (χ0v) is 44.5. The fraction of sp³-hybridized carbons (Fsp3) is 0.667. The van der Waals surface area contributed by atoms with Gasteiger partial charge in [0.15, 0.2) is 6.29 Å². The number of nitrogens with zero attached hydrogens (tertiary/aromatic N) is 5.